The molecule has 0 radical (unpaired) electrons. The number of ketones is 1. The van der Waals surface area contributed by atoms with E-state index < -0.39 is 17.4 Å². The Bertz CT molecular complexity index is 640. The first-order valence-electron chi connectivity index (χ1n) is 6.60. The van der Waals surface area contributed by atoms with E-state index in [4.69, 9.17) is 0 Å². The molecular formula is C15H17F2N3O. The summed E-state index contributed by atoms with van der Waals surface area (Å²) in [5.41, 5.74) is 0.842. The molecule has 1 aromatic carbocycles. The van der Waals surface area contributed by atoms with Gasteiger partial charge in [0.05, 0.1) is 11.8 Å². The van der Waals surface area contributed by atoms with Gasteiger partial charge in [-0.1, -0.05) is 6.07 Å². The average Bonchev–Trinajstić information content (AvgIpc) is 2.84. The van der Waals surface area contributed by atoms with E-state index in [2.05, 4.69) is 5.10 Å². The fraction of sp³-hybridized carbons (Fsp3) is 0.333. The van der Waals surface area contributed by atoms with Crippen molar-refractivity contribution < 1.29 is 13.6 Å². The third-order valence-electron chi connectivity index (χ3n) is 3.18. The van der Waals surface area contributed by atoms with Crippen LogP contribution in [0.2, 0.25) is 0 Å². The molecule has 0 fully saturated rings. The molecule has 0 saturated carbocycles. The van der Waals surface area contributed by atoms with Crippen LogP contribution >= 0.6 is 0 Å². The Kier molecular flexibility index (Phi) is 4.80. The second-order valence-electron chi connectivity index (χ2n) is 5.03. The SMILES string of the molecule is CN(CCC(=O)c1cccc(F)c1F)Cc1cnn(C)c1. The molecule has 6 heteroatoms. The number of carbonyl (C=O) groups is 1. The lowest BCUT2D eigenvalue weighted by molar-refractivity contribution is 0.0963. The fourth-order valence-electron chi connectivity index (χ4n) is 2.09. The van der Waals surface area contributed by atoms with E-state index in [9.17, 15) is 13.6 Å². The molecule has 4 nitrogen and oxygen atoms in total. The summed E-state index contributed by atoms with van der Waals surface area (Å²) >= 11 is 0. The zero-order valence-electron chi connectivity index (χ0n) is 12.0. The molecule has 0 N–H and O–H groups in total. The van der Waals surface area contributed by atoms with Crippen molar-refractivity contribution in [1.29, 1.82) is 0 Å². The van der Waals surface area contributed by atoms with E-state index >= 15 is 0 Å². The van der Waals surface area contributed by atoms with Gasteiger partial charge in [0.25, 0.3) is 0 Å². The Hall–Kier alpha value is -2.08. The van der Waals surface area contributed by atoms with Crippen LogP contribution in [0.5, 0.6) is 0 Å². The maximum atomic E-state index is 13.5. The van der Waals surface area contributed by atoms with Gasteiger partial charge >= 0.3 is 0 Å². The van der Waals surface area contributed by atoms with Gasteiger partial charge in [-0.15, -0.1) is 0 Å². The van der Waals surface area contributed by atoms with Gasteiger partial charge in [0.15, 0.2) is 17.4 Å². The summed E-state index contributed by atoms with van der Waals surface area (Å²) in [6, 6.07) is 3.65. The highest BCUT2D eigenvalue weighted by Crippen LogP contribution is 2.13. The Labute approximate surface area is 122 Å². The summed E-state index contributed by atoms with van der Waals surface area (Å²) in [6.07, 6.45) is 3.78. The molecular weight excluding hydrogens is 276 g/mol. The normalized spacial score (nSPS) is 11.1. The number of benzene rings is 1. The highest BCUT2D eigenvalue weighted by molar-refractivity contribution is 5.96. The molecule has 2 rings (SSSR count). The van der Waals surface area contributed by atoms with Crippen molar-refractivity contribution in [2.75, 3.05) is 13.6 Å². The molecule has 1 aromatic heterocycles. The van der Waals surface area contributed by atoms with Crippen LogP contribution < -0.4 is 0 Å². The Morgan fingerprint density at radius 2 is 2.14 bits per heavy atom. The number of aryl methyl sites for hydroxylation is 1. The van der Waals surface area contributed by atoms with Crippen molar-refractivity contribution in [2.45, 2.75) is 13.0 Å². The van der Waals surface area contributed by atoms with Crippen LogP contribution in [0.25, 0.3) is 0 Å². The van der Waals surface area contributed by atoms with Crippen LogP contribution in [-0.2, 0) is 13.6 Å². The number of rotatable bonds is 6. The lowest BCUT2D eigenvalue weighted by Crippen LogP contribution is -2.21. The molecule has 112 valence electrons. The van der Waals surface area contributed by atoms with Crippen LogP contribution in [0.1, 0.15) is 22.3 Å². The van der Waals surface area contributed by atoms with Crippen LogP contribution in [0.3, 0.4) is 0 Å². The van der Waals surface area contributed by atoms with Crippen LogP contribution in [0.4, 0.5) is 8.78 Å². The molecule has 0 amide bonds. The highest BCUT2D eigenvalue weighted by atomic mass is 19.2. The summed E-state index contributed by atoms with van der Waals surface area (Å²) in [5.74, 6) is -2.47. The summed E-state index contributed by atoms with van der Waals surface area (Å²) < 4.78 is 28.3. The summed E-state index contributed by atoms with van der Waals surface area (Å²) in [5, 5.41) is 4.07. The number of Topliss-reactive ketones (excluding diaryl/α,β-unsaturated/α-hetero) is 1. The van der Waals surface area contributed by atoms with E-state index in [1.165, 1.54) is 12.1 Å². The molecule has 2 aromatic rings. The second kappa shape index (κ2) is 6.58. The van der Waals surface area contributed by atoms with E-state index in [0.29, 0.717) is 13.1 Å². The van der Waals surface area contributed by atoms with Gasteiger partial charge in [-0.25, -0.2) is 8.78 Å². The molecule has 0 unspecified atom stereocenters. The first kappa shape index (κ1) is 15.3. The standard InChI is InChI=1S/C15H17F2N3O/c1-19(9-11-8-18-20(2)10-11)7-6-14(21)12-4-3-5-13(16)15(12)17/h3-5,8,10H,6-7,9H2,1-2H3. The molecule has 0 spiro atoms. The minimum absolute atomic E-state index is 0.136. The average molecular weight is 293 g/mol. The van der Waals surface area contributed by atoms with Crippen molar-refractivity contribution in [3.05, 3.63) is 53.4 Å². The Morgan fingerprint density at radius 1 is 1.38 bits per heavy atom. The lowest BCUT2D eigenvalue weighted by atomic mass is 10.1. The Balaban J connectivity index is 1.90. The number of carbonyl (C=O) groups excluding carboxylic acids is 1. The maximum absolute atomic E-state index is 13.5. The van der Waals surface area contributed by atoms with E-state index in [1.807, 2.05) is 25.2 Å². The van der Waals surface area contributed by atoms with Crippen molar-refractivity contribution in [3.8, 4) is 0 Å². The van der Waals surface area contributed by atoms with Gasteiger partial charge in [0.1, 0.15) is 0 Å². The minimum Gasteiger partial charge on any atom is -0.302 e. The van der Waals surface area contributed by atoms with Gasteiger partial charge in [-0.2, -0.15) is 5.10 Å². The number of halogens is 2. The van der Waals surface area contributed by atoms with Crippen molar-refractivity contribution in [1.82, 2.24) is 14.7 Å². The quantitative estimate of drug-likeness (QED) is 0.768. The number of hydrogen-bond donors (Lipinski definition) is 0. The number of aromatic nitrogens is 2. The van der Waals surface area contributed by atoms with Crippen molar-refractivity contribution in [3.63, 3.8) is 0 Å². The Morgan fingerprint density at radius 3 is 2.81 bits per heavy atom. The van der Waals surface area contributed by atoms with Crippen LogP contribution in [-0.4, -0.2) is 34.1 Å². The molecule has 1 heterocycles. The molecule has 0 aliphatic rings. The van der Waals surface area contributed by atoms with E-state index in [-0.39, 0.29) is 12.0 Å². The lowest BCUT2D eigenvalue weighted by Gasteiger charge is -2.15. The third kappa shape index (κ3) is 3.95. The first-order valence-corrected chi connectivity index (χ1v) is 6.60. The van der Waals surface area contributed by atoms with Crippen LogP contribution in [0.15, 0.2) is 30.6 Å². The second-order valence-corrected chi connectivity index (χ2v) is 5.03. The minimum atomic E-state index is -1.07. The topological polar surface area (TPSA) is 38.1 Å². The van der Waals surface area contributed by atoms with Gasteiger partial charge in [0, 0.05) is 38.3 Å². The summed E-state index contributed by atoms with van der Waals surface area (Å²) in [7, 11) is 3.70. The number of nitrogens with zero attached hydrogens (tertiary/aromatic N) is 3. The largest absolute Gasteiger partial charge is 0.302 e. The number of hydrogen-bond acceptors (Lipinski definition) is 3. The van der Waals surface area contributed by atoms with Crippen LogP contribution in [0, 0.1) is 11.6 Å². The van der Waals surface area contributed by atoms with Crippen molar-refractivity contribution in [2.24, 2.45) is 7.05 Å². The van der Waals surface area contributed by atoms with Gasteiger partial charge in [-0.3, -0.25) is 9.48 Å². The van der Waals surface area contributed by atoms with Crippen molar-refractivity contribution >= 4 is 5.78 Å². The van der Waals surface area contributed by atoms with E-state index in [0.717, 1.165) is 11.6 Å². The summed E-state index contributed by atoms with van der Waals surface area (Å²) in [6.45, 7) is 1.11. The monoisotopic (exact) mass is 293 g/mol. The maximum Gasteiger partial charge on any atom is 0.169 e. The summed E-state index contributed by atoms with van der Waals surface area (Å²) in [4.78, 5) is 13.9. The predicted octanol–water partition coefficient (Wildman–Crippen LogP) is 2.40. The smallest absolute Gasteiger partial charge is 0.169 e. The molecule has 0 atom stereocenters. The van der Waals surface area contributed by atoms with Gasteiger partial charge in [-0.05, 0) is 19.2 Å². The molecule has 0 bridgehead atoms. The molecule has 0 aliphatic heterocycles. The van der Waals surface area contributed by atoms with Gasteiger partial charge in [0.2, 0.25) is 0 Å². The molecule has 0 saturated heterocycles. The van der Waals surface area contributed by atoms with Gasteiger partial charge < -0.3 is 4.90 Å². The molecule has 21 heavy (non-hydrogen) atoms. The third-order valence-corrected chi connectivity index (χ3v) is 3.18. The zero-order chi connectivity index (χ0) is 15.4. The predicted molar refractivity (Wildman–Crippen MR) is 74.8 cm³/mol. The first-order chi connectivity index (χ1) is 9.97. The highest BCUT2D eigenvalue weighted by Gasteiger charge is 2.15. The zero-order valence-corrected chi connectivity index (χ0v) is 12.0. The van der Waals surface area contributed by atoms with E-state index in [1.54, 1.807) is 10.9 Å². The molecule has 0 aliphatic carbocycles. The fourth-order valence-corrected chi connectivity index (χ4v) is 2.09.